The minimum Gasteiger partial charge on any atom is -0.455 e. The number of ether oxygens (including phenoxy) is 2. The molecule has 3 aromatic rings. The molecule has 0 unspecified atom stereocenters. The first-order chi connectivity index (χ1) is 24.7. The summed E-state index contributed by atoms with van der Waals surface area (Å²) in [5.74, 6) is -3.67. The van der Waals surface area contributed by atoms with Crippen LogP contribution in [0.5, 0.6) is 0 Å². The molecule has 2 fully saturated rings. The SMILES string of the molecule is C[C@@H]1NC(=O)CC/C=C\CN(Cn2nnc3ccccc32)C(=O)[C@H]2N(CCCCCO)C(=O)[C@@H]3[C@@H](C(=O)O[C@H]1c1ccccc1)[C@@H]1O[C@@]32C=C1Br. The summed E-state index contributed by atoms with van der Waals surface area (Å²) in [6.07, 6.45) is 6.14. The Balaban J connectivity index is 1.30. The first kappa shape index (κ1) is 35.0. The number of allylic oxidation sites excluding steroid dienone is 1. The van der Waals surface area contributed by atoms with Gasteiger partial charge in [0.25, 0.3) is 5.91 Å². The molecule has 5 heterocycles. The lowest BCUT2D eigenvalue weighted by molar-refractivity contribution is -0.161. The maximum atomic E-state index is 15.0. The molecular formula is C37H41BrN6O7. The number of halogens is 1. The summed E-state index contributed by atoms with van der Waals surface area (Å²) in [5, 5.41) is 21.0. The van der Waals surface area contributed by atoms with E-state index in [0.29, 0.717) is 41.2 Å². The Bertz CT molecular complexity index is 1870. The Hall–Kier alpha value is -4.40. The highest BCUT2D eigenvalue weighted by Crippen LogP contribution is 2.59. The third kappa shape index (κ3) is 6.49. The van der Waals surface area contributed by atoms with Gasteiger partial charge in [-0.15, -0.1) is 5.10 Å². The highest BCUT2D eigenvalue weighted by atomic mass is 79.9. The molecule has 0 aliphatic carbocycles. The van der Waals surface area contributed by atoms with E-state index in [9.17, 15) is 19.5 Å². The molecule has 51 heavy (non-hydrogen) atoms. The van der Waals surface area contributed by atoms with Crippen molar-refractivity contribution >= 4 is 50.7 Å². The van der Waals surface area contributed by atoms with E-state index < -0.39 is 47.7 Å². The maximum absolute atomic E-state index is 15.0. The van der Waals surface area contributed by atoms with Crippen LogP contribution < -0.4 is 5.32 Å². The molecule has 7 atom stereocenters. The number of cyclic esters (lactones) is 1. The average molecular weight is 762 g/mol. The molecule has 2 aromatic carbocycles. The number of aliphatic hydroxyl groups excluding tert-OH is 1. The number of benzene rings is 2. The lowest BCUT2D eigenvalue weighted by Gasteiger charge is -2.35. The van der Waals surface area contributed by atoms with Crippen molar-refractivity contribution in [2.75, 3.05) is 19.7 Å². The number of para-hydroxylation sites is 1. The van der Waals surface area contributed by atoms with Gasteiger partial charge < -0.3 is 29.7 Å². The van der Waals surface area contributed by atoms with Crippen molar-refractivity contribution in [3.63, 3.8) is 0 Å². The van der Waals surface area contributed by atoms with E-state index in [1.807, 2.05) is 66.7 Å². The van der Waals surface area contributed by atoms with Crippen molar-refractivity contribution in [3.05, 3.63) is 82.9 Å². The zero-order chi connectivity index (χ0) is 35.7. The number of nitrogens with one attached hydrogen (secondary N) is 1. The van der Waals surface area contributed by atoms with Gasteiger partial charge in [0, 0.05) is 30.6 Å². The van der Waals surface area contributed by atoms with Crippen molar-refractivity contribution in [2.45, 2.75) is 75.6 Å². The number of likely N-dealkylation sites (tertiary alicyclic amines) is 1. The molecule has 5 bridgehead atoms. The summed E-state index contributed by atoms with van der Waals surface area (Å²) in [5.41, 5.74) is 0.656. The first-order valence-electron chi connectivity index (χ1n) is 17.5. The largest absolute Gasteiger partial charge is 0.455 e. The fourth-order valence-electron chi connectivity index (χ4n) is 7.89. The van der Waals surface area contributed by atoms with E-state index in [1.54, 1.807) is 27.5 Å². The van der Waals surface area contributed by atoms with Crippen LogP contribution in [0.2, 0.25) is 0 Å². The topological polar surface area (TPSA) is 156 Å². The lowest BCUT2D eigenvalue weighted by Crippen LogP contribution is -2.56. The maximum Gasteiger partial charge on any atom is 0.313 e. The van der Waals surface area contributed by atoms with Crippen LogP contribution in [0, 0.1) is 11.8 Å². The van der Waals surface area contributed by atoms with Crippen LogP contribution in [0.15, 0.2) is 77.3 Å². The number of esters is 1. The van der Waals surface area contributed by atoms with Crippen LogP contribution in [0.4, 0.5) is 0 Å². The van der Waals surface area contributed by atoms with Crippen molar-refractivity contribution < 1.29 is 33.8 Å². The van der Waals surface area contributed by atoms with Crippen LogP contribution in [0.1, 0.15) is 50.7 Å². The number of rotatable bonds is 8. The van der Waals surface area contributed by atoms with E-state index in [1.165, 1.54) is 0 Å². The molecule has 1 spiro atoms. The van der Waals surface area contributed by atoms with Crippen LogP contribution in [0.3, 0.4) is 0 Å². The van der Waals surface area contributed by atoms with Crippen LogP contribution in [-0.2, 0) is 35.3 Å². The van der Waals surface area contributed by atoms with Crippen molar-refractivity contribution in [2.24, 2.45) is 11.8 Å². The van der Waals surface area contributed by atoms with Gasteiger partial charge in [0.1, 0.15) is 42.0 Å². The van der Waals surface area contributed by atoms with E-state index >= 15 is 4.79 Å². The summed E-state index contributed by atoms with van der Waals surface area (Å²) in [6, 6.07) is 14.9. The van der Waals surface area contributed by atoms with Gasteiger partial charge in [-0.2, -0.15) is 0 Å². The molecule has 7 rings (SSSR count). The van der Waals surface area contributed by atoms with Crippen LogP contribution in [-0.4, -0.2) is 97.1 Å². The number of nitrogens with zero attached hydrogens (tertiary/aromatic N) is 5. The second-order valence-corrected chi connectivity index (χ2v) is 14.5. The molecule has 2 saturated heterocycles. The fraction of sp³-hybridized carbons (Fsp3) is 0.459. The number of carbonyl (C=O) groups excluding carboxylic acids is 4. The van der Waals surface area contributed by atoms with Gasteiger partial charge in [-0.25, -0.2) is 4.68 Å². The molecule has 13 nitrogen and oxygen atoms in total. The number of hydrogen-bond donors (Lipinski definition) is 2. The first-order valence-corrected chi connectivity index (χ1v) is 18.3. The minimum atomic E-state index is -1.44. The molecule has 3 amide bonds. The summed E-state index contributed by atoms with van der Waals surface area (Å²) in [6.45, 7) is 2.23. The number of carbonyl (C=O) groups is 4. The Morgan fingerprint density at radius 1 is 0.980 bits per heavy atom. The Labute approximate surface area is 303 Å². The molecule has 4 aliphatic rings. The minimum absolute atomic E-state index is 0.0185. The van der Waals surface area contributed by atoms with Gasteiger partial charge in [-0.1, -0.05) is 75.8 Å². The van der Waals surface area contributed by atoms with Crippen molar-refractivity contribution in [1.82, 2.24) is 30.1 Å². The molecule has 4 aliphatic heterocycles. The van der Waals surface area contributed by atoms with E-state index in [-0.39, 0.29) is 50.5 Å². The molecule has 268 valence electrons. The average Bonchev–Trinajstić information content (AvgIpc) is 3.85. The zero-order valence-electron chi connectivity index (χ0n) is 28.3. The highest BCUT2D eigenvalue weighted by Gasteiger charge is 2.75. The van der Waals surface area contributed by atoms with Gasteiger partial charge >= 0.3 is 5.97 Å². The number of fused-ring (bicyclic) bond motifs is 3. The smallest absolute Gasteiger partial charge is 0.313 e. The second-order valence-electron chi connectivity index (χ2n) is 13.6. The molecule has 0 radical (unpaired) electrons. The number of amides is 3. The standard InChI is InChI=1S/C37H41BrN6O7/c1-23-31(24-13-5-2-6-14-24)50-36(49)29-30-34(47)43(19-11-4-12-20-45)33(37(30)21-25(38)32(29)51-37)35(48)42(18-10-3-7-17-28(46)39-23)22-44-27-16-9-8-15-26(27)40-41-44/h2-3,5-6,8-10,13-16,21,23,29-33,45H,4,7,11-12,17-20,22H2,1H3,(H,39,46)/b10-3-/t23-,29+,30-,31+,32+,33+,37-/m0/s1. The third-order valence-corrected chi connectivity index (χ3v) is 11.0. The Morgan fingerprint density at radius 3 is 2.57 bits per heavy atom. The normalized spacial score (nSPS) is 30.4. The zero-order valence-corrected chi connectivity index (χ0v) is 29.9. The molecular weight excluding hydrogens is 720 g/mol. The summed E-state index contributed by atoms with van der Waals surface area (Å²) >= 11 is 3.62. The van der Waals surface area contributed by atoms with Gasteiger partial charge in [-0.3, -0.25) is 19.2 Å². The number of aliphatic hydroxyl groups is 1. The summed E-state index contributed by atoms with van der Waals surface area (Å²) in [4.78, 5) is 60.3. The van der Waals surface area contributed by atoms with Gasteiger partial charge in [0.15, 0.2) is 0 Å². The van der Waals surface area contributed by atoms with E-state index in [4.69, 9.17) is 9.47 Å². The monoisotopic (exact) mass is 760 g/mol. The summed E-state index contributed by atoms with van der Waals surface area (Å²) in [7, 11) is 0. The third-order valence-electron chi connectivity index (χ3n) is 10.3. The number of hydrogen-bond acceptors (Lipinski definition) is 9. The predicted octanol–water partition coefficient (Wildman–Crippen LogP) is 3.39. The molecule has 14 heteroatoms. The summed E-state index contributed by atoms with van der Waals surface area (Å²) < 4.78 is 15.1. The number of unbranched alkanes of at least 4 members (excludes halogenated alkanes) is 2. The molecule has 0 saturated carbocycles. The molecule has 1 aromatic heterocycles. The van der Waals surface area contributed by atoms with Crippen molar-refractivity contribution in [3.8, 4) is 0 Å². The van der Waals surface area contributed by atoms with Crippen LogP contribution >= 0.6 is 15.9 Å². The van der Waals surface area contributed by atoms with E-state index in [2.05, 4.69) is 31.6 Å². The highest BCUT2D eigenvalue weighted by molar-refractivity contribution is 9.11. The van der Waals surface area contributed by atoms with Gasteiger partial charge in [0.05, 0.1) is 17.5 Å². The quantitative estimate of drug-likeness (QED) is 0.200. The van der Waals surface area contributed by atoms with Crippen LogP contribution in [0.25, 0.3) is 11.0 Å². The fourth-order valence-corrected chi connectivity index (χ4v) is 8.63. The Kier molecular flexibility index (Phi) is 10.1. The molecule has 2 N–H and O–H groups in total. The van der Waals surface area contributed by atoms with Gasteiger partial charge in [0.2, 0.25) is 11.8 Å². The predicted molar refractivity (Wildman–Crippen MR) is 189 cm³/mol. The second kappa shape index (κ2) is 14.7. The van der Waals surface area contributed by atoms with Crippen molar-refractivity contribution in [1.29, 1.82) is 0 Å². The lowest BCUT2D eigenvalue weighted by atomic mass is 9.74. The Morgan fingerprint density at radius 2 is 1.76 bits per heavy atom. The number of aromatic nitrogens is 3. The van der Waals surface area contributed by atoms with E-state index in [0.717, 1.165) is 5.52 Å². The van der Waals surface area contributed by atoms with Gasteiger partial charge in [-0.05, 0) is 56.4 Å².